The zero-order chi connectivity index (χ0) is 26.4. The van der Waals surface area contributed by atoms with E-state index in [0.717, 1.165) is 42.2 Å². The van der Waals surface area contributed by atoms with Crippen molar-refractivity contribution in [2.45, 2.75) is 51.4 Å². The van der Waals surface area contributed by atoms with Gasteiger partial charge in [-0.25, -0.2) is 4.98 Å². The van der Waals surface area contributed by atoms with E-state index in [0.29, 0.717) is 24.1 Å². The van der Waals surface area contributed by atoms with Crippen LogP contribution in [0.4, 0.5) is 18.9 Å². The molecule has 1 fully saturated rings. The Hall–Kier alpha value is -3.66. The number of carbonyl (C=O) groups is 2. The van der Waals surface area contributed by atoms with Crippen LogP contribution in [0, 0.1) is 13.8 Å². The zero-order valence-corrected chi connectivity index (χ0v) is 21.7. The van der Waals surface area contributed by atoms with Gasteiger partial charge in [0.05, 0.1) is 11.3 Å². The number of nitrogens with zero attached hydrogens (tertiary/aromatic N) is 4. The standard InChI is InChI=1S/C27H26F3N5O2.ClH/c1-17-15-34(18(2)31-17)22-10-8-19(9-11-22)24-25(37)35(26(33-24)12-3-4-13-26)16-23(36)32-21-7-5-6-20(14-21)27(28,29)30;/h5-11,14-15H,3-4,12-13,16H2,1-2H3,(H,32,36);1H. The summed E-state index contributed by atoms with van der Waals surface area (Å²) in [4.78, 5) is 37.1. The fourth-order valence-electron chi connectivity index (χ4n) is 5.14. The van der Waals surface area contributed by atoms with Crippen molar-refractivity contribution in [3.63, 3.8) is 0 Å². The number of hydrogen-bond acceptors (Lipinski definition) is 4. The van der Waals surface area contributed by atoms with Gasteiger partial charge in [0.2, 0.25) is 5.91 Å². The minimum Gasteiger partial charge on any atom is -0.325 e. The summed E-state index contributed by atoms with van der Waals surface area (Å²) in [6.45, 7) is 3.54. The number of aromatic nitrogens is 2. The van der Waals surface area contributed by atoms with Crippen molar-refractivity contribution in [3.05, 3.63) is 77.4 Å². The molecule has 2 amide bonds. The van der Waals surface area contributed by atoms with Crippen molar-refractivity contribution < 1.29 is 22.8 Å². The van der Waals surface area contributed by atoms with E-state index in [4.69, 9.17) is 4.99 Å². The average molecular weight is 546 g/mol. The number of aliphatic imine (C=N–C) groups is 1. The number of imidazole rings is 1. The Bertz CT molecular complexity index is 1390. The van der Waals surface area contributed by atoms with Crippen molar-refractivity contribution in [2.24, 2.45) is 4.99 Å². The molecule has 7 nitrogen and oxygen atoms in total. The van der Waals surface area contributed by atoms with Crippen LogP contribution in [0.3, 0.4) is 0 Å². The van der Waals surface area contributed by atoms with Gasteiger partial charge in [-0.3, -0.25) is 14.6 Å². The number of rotatable bonds is 5. The summed E-state index contributed by atoms with van der Waals surface area (Å²) in [5, 5.41) is 2.50. The summed E-state index contributed by atoms with van der Waals surface area (Å²) in [5.41, 5.74) is 1.10. The van der Waals surface area contributed by atoms with Gasteiger partial charge in [-0.2, -0.15) is 13.2 Å². The molecule has 1 N–H and O–H groups in total. The highest BCUT2D eigenvalue weighted by molar-refractivity contribution is 6.47. The maximum Gasteiger partial charge on any atom is 0.416 e. The minimum absolute atomic E-state index is 0. The number of amides is 2. The molecule has 1 aliphatic heterocycles. The van der Waals surface area contributed by atoms with Crippen LogP contribution in [-0.2, 0) is 15.8 Å². The molecule has 2 heterocycles. The summed E-state index contributed by atoms with van der Waals surface area (Å²) in [6.07, 6.45) is 0.408. The Morgan fingerprint density at radius 3 is 2.37 bits per heavy atom. The molecule has 0 saturated heterocycles. The molecule has 0 bridgehead atoms. The van der Waals surface area contributed by atoms with Crippen molar-refractivity contribution in [1.29, 1.82) is 0 Å². The van der Waals surface area contributed by atoms with E-state index in [9.17, 15) is 22.8 Å². The van der Waals surface area contributed by atoms with Crippen LogP contribution in [0.25, 0.3) is 5.69 Å². The molecular weight excluding hydrogens is 519 g/mol. The van der Waals surface area contributed by atoms with Gasteiger partial charge in [0, 0.05) is 23.1 Å². The van der Waals surface area contributed by atoms with Crippen LogP contribution in [-0.4, -0.2) is 44.2 Å². The van der Waals surface area contributed by atoms with E-state index in [1.54, 1.807) is 0 Å². The fourth-order valence-corrected chi connectivity index (χ4v) is 5.14. The lowest BCUT2D eigenvalue weighted by molar-refractivity contribution is -0.137. The van der Waals surface area contributed by atoms with E-state index in [1.807, 2.05) is 48.9 Å². The first kappa shape index (κ1) is 27.4. The number of anilines is 1. The molecule has 3 aromatic rings. The van der Waals surface area contributed by atoms with Crippen LogP contribution in [0.2, 0.25) is 0 Å². The van der Waals surface area contributed by atoms with Gasteiger partial charge < -0.3 is 14.8 Å². The summed E-state index contributed by atoms with van der Waals surface area (Å²) in [5.74, 6) is -0.0809. The lowest BCUT2D eigenvalue weighted by Gasteiger charge is -2.32. The van der Waals surface area contributed by atoms with Crippen LogP contribution in [0.15, 0.2) is 59.7 Å². The van der Waals surface area contributed by atoms with E-state index in [-0.39, 0.29) is 30.5 Å². The summed E-state index contributed by atoms with van der Waals surface area (Å²) >= 11 is 0. The topological polar surface area (TPSA) is 79.6 Å². The normalized spacial score (nSPS) is 16.5. The van der Waals surface area contributed by atoms with E-state index in [1.165, 1.54) is 17.0 Å². The molecule has 2 aliphatic rings. The minimum atomic E-state index is -4.52. The van der Waals surface area contributed by atoms with Crippen molar-refractivity contribution in [1.82, 2.24) is 14.5 Å². The smallest absolute Gasteiger partial charge is 0.325 e. The number of aryl methyl sites for hydroxylation is 2. The Morgan fingerprint density at radius 1 is 1.08 bits per heavy atom. The molecule has 0 unspecified atom stereocenters. The molecule has 2 aromatic carbocycles. The maximum absolute atomic E-state index is 13.5. The van der Waals surface area contributed by atoms with Gasteiger partial charge in [-0.15, -0.1) is 12.4 Å². The number of halogens is 4. The molecule has 0 atom stereocenters. The largest absolute Gasteiger partial charge is 0.416 e. The first-order valence-corrected chi connectivity index (χ1v) is 12.1. The fraction of sp³-hybridized carbons (Fsp3) is 0.333. The molecule has 0 radical (unpaired) electrons. The van der Waals surface area contributed by atoms with Gasteiger partial charge in [-0.05, 0) is 69.9 Å². The second kappa shape index (κ2) is 10.2. The zero-order valence-electron chi connectivity index (χ0n) is 20.9. The lowest BCUT2D eigenvalue weighted by Crippen LogP contribution is -2.48. The molecule has 1 spiro atoms. The summed E-state index contributed by atoms with van der Waals surface area (Å²) < 4.78 is 41.1. The van der Waals surface area contributed by atoms with Crippen LogP contribution in [0.1, 0.15) is 48.3 Å². The molecule has 1 saturated carbocycles. The maximum atomic E-state index is 13.5. The highest BCUT2D eigenvalue weighted by Crippen LogP contribution is 2.41. The molecule has 1 aromatic heterocycles. The van der Waals surface area contributed by atoms with Crippen LogP contribution < -0.4 is 5.32 Å². The van der Waals surface area contributed by atoms with Gasteiger partial charge in [-0.1, -0.05) is 18.2 Å². The van der Waals surface area contributed by atoms with E-state index < -0.39 is 23.3 Å². The first-order chi connectivity index (χ1) is 17.6. The van der Waals surface area contributed by atoms with E-state index >= 15 is 0 Å². The molecule has 5 rings (SSSR count). The Morgan fingerprint density at radius 2 is 1.76 bits per heavy atom. The van der Waals surface area contributed by atoms with Gasteiger partial charge >= 0.3 is 6.18 Å². The van der Waals surface area contributed by atoms with Gasteiger partial charge in [0.1, 0.15) is 23.7 Å². The van der Waals surface area contributed by atoms with Crippen molar-refractivity contribution in [3.8, 4) is 5.69 Å². The van der Waals surface area contributed by atoms with Gasteiger partial charge in [0.25, 0.3) is 5.91 Å². The second-order valence-electron chi connectivity index (χ2n) is 9.51. The number of alkyl halides is 3. The highest BCUT2D eigenvalue weighted by atomic mass is 35.5. The Balaban J connectivity index is 0.00000336. The lowest BCUT2D eigenvalue weighted by atomic mass is 10.1. The second-order valence-corrected chi connectivity index (χ2v) is 9.51. The number of carbonyl (C=O) groups excluding carboxylic acids is 2. The Kier molecular flexibility index (Phi) is 7.38. The third-order valence-electron chi connectivity index (χ3n) is 6.87. The third kappa shape index (κ3) is 5.18. The molecule has 11 heteroatoms. The average Bonchev–Trinajstić information content (AvgIpc) is 3.53. The number of nitrogens with one attached hydrogen (secondary N) is 1. The predicted molar refractivity (Wildman–Crippen MR) is 140 cm³/mol. The predicted octanol–water partition coefficient (Wildman–Crippen LogP) is 5.47. The van der Waals surface area contributed by atoms with Crippen molar-refractivity contribution in [2.75, 3.05) is 11.9 Å². The molecule has 38 heavy (non-hydrogen) atoms. The van der Waals surface area contributed by atoms with Crippen molar-refractivity contribution >= 4 is 35.6 Å². The third-order valence-corrected chi connectivity index (χ3v) is 6.87. The number of benzene rings is 2. The quantitative estimate of drug-likeness (QED) is 0.462. The SMILES string of the molecule is Cc1cn(-c2ccc(C3=NC4(CCCC4)N(CC(=O)Nc4cccc(C(F)(F)F)c4)C3=O)cc2)c(C)n1.Cl. The Labute approximate surface area is 224 Å². The van der Waals surface area contributed by atoms with Gasteiger partial charge in [0.15, 0.2) is 0 Å². The van der Waals surface area contributed by atoms with E-state index in [2.05, 4.69) is 10.3 Å². The molecule has 1 aliphatic carbocycles. The number of hydrogen-bond donors (Lipinski definition) is 1. The van der Waals surface area contributed by atoms with Crippen LogP contribution >= 0.6 is 12.4 Å². The summed E-state index contributed by atoms with van der Waals surface area (Å²) in [7, 11) is 0. The molecular formula is C27H27ClF3N5O2. The first-order valence-electron chi connectivity index (χ1n) is 12.1. The van der Waals surface area contributed by atoms with Crippen LogP contribution in [0.5, 0.6) is 0 Å². The highest BCUT2D eigenvalue weighted by Gasteiger charge is 2.49. The molecule has 200 valence electrons. The summed E-state index contributed by atoms with van der Waals surface area (Å²) in [6, 6.07) is 11.9. The monoisotopic (exact) mass is 545 g/mol.